The Hall–Kier alpha value is -2.94. The minimum absolute atomic E-state index is 0.0191. The fourth-order valence-corrected chi connectivity index (χ4v) is 3.20. The number of carbonyl (C=O) groups is 2. The molecule has 3 N–H and O–H groups in total. The molecule has 0 heterocycles. The van der Waals surface area contributed by atoms with Gasteiger partial charge < -0.3 is 15.7 Å². The third-order valence-corrected chi connectivity index (χ3v) is 4.72. The first-order chi connectivity index (χ1) is 12.1. The Kier molecular flexibility index (Phi) is 5.93. The van der Waals surface area contributed by atoms with Gasteiger partial charge in [-0.3, -0.25) is 9.59 Å². The summed E-state index contributed by atoms with van der Waals surface area (Å²) >= 11 is 0. The Morgan fingerprint density at radius 3 is 2.15 bits per heavy atom. The number of anilines is 2. The van der Waals surface area contributed by atoms with Crippen molar-refractivity contribution < 1.29 is 27.5 Å². The number of hydrogen-bond acceptors (Lipinski definition) is 5. The van der Waals surface area contributed by atoms with Crippen molar-refractivity contribution in [1.29, 1.82) is 0 Å². The van der Waals surface area contributed by atoms with Crippen LogP contribution >= 0.6 is 0 Å². The van der Waals surface area contributed by atoms with Crippen molar-refractivity contribution in [3.63, 3.8) is 0 Å². The molecule has 0 aliphatic carbocycles. The van der Waals surface area contributed by atoms with Crippen LogP contribution in [0.25, 0.3) is 0 Å². The molecular formula is C17H17FN2O5S. The Balaban J connectivity index is 1.93. The number of nitrogens with one attached hydrogen (secondary N) is 2. The van der Waals surface area contributed by atoms with Crippen LogP contribution in [-0.4, -0.2) is 36.8 Å². The second-order valence-electron chi connectivity index (χ2n) is 5.63. The average Bonchev–Trinajstić information content (AvgIpc) is 2.51. The number of carbonyl (C=O) groups excluding carboxylic acids is 2. The minimum atomic E-state index is -4.00. The lowest BCUT2D eigenvalue weighted by Crippen LogP contribution is -2.30. The molecule has 0 spiro atoms. The molecule has 0 bridgehead atoms. The molecule has 138 valence electrons. The molecule has 0 aliphatic rings. The van der Waals surface area contributed by atoms with Gasteiger partial charge in [-0.05, 0) is 55.0 Å². The van der Waals surface area contributed by atoms with E-state index in [1.165, 1.54) is 30.3 Å². The lowest BCUT2D eigenvalue weighted by atomic mass is 10.2. The van der Waals surface area contributed by atoms with Crippen molar-refractivity contribution in [1.82, 2.24) is 0 Å². The first-order valence-electron chi connectivity index (χ1n) is 7.50. The van der Waals surface area contributed by atoms with Crippen molar-refractivity contribution in [3.05, 3.63) is 53.8 Å². The van der Waals surface area contributed by atoms with Crippen LogP contribution in [0.3, 0.4) is 0 Å². The SMILES string of the molecule is Cc1cc(O)ccc1NC(=O)CS(=O)(=O)CC(=O)Nc1ccc(F)cc1. The molecule has 0 saturated carbocycles. The van der Waals surface area contributed by atoms with E-state index in [-0.39, 0.29) is 11.4 Å². The van der Waals surface area contributed by atoms with E-state index in [1.54, 1.807) is 6.92 Å². The highest BCUT2D eigenvalue weighted by Crippen LogP contribution is 2.20. The van der Waals surface area contributed by atoms with E-state index < -0.39 is 39.0 Å². The highest BCUT2D eigenvalue weighted by atomic mass is 32.2. The molecule has 2 amide bonds. The van der Waals surface area contributed by atoms with Crippen LogP contribution in [0.1, 0.15) is 5.56 Å². The summed E-state index contributed by atoms with van der Waals surface area (Å²) in [6.07, 6.45) is 0. The van der Waals surface area contributed by atoms with Gasteiger partial charge >= 0.3 is 0 Å². The molecule has 9 heteroatoms. The van der Waals surface area contributed by atoms with E-state index in [1.807, 2.05) is 0 Å². The van der Waals surface area contributed by atoms with Crippen molar-refractivity contribution in [2.24, 2.45) is 0 Å². The van der Waals surface area contributed by atoms with Gasteiger partial charge in [-0.15, -0.1) is 0 Å². The van der Waals surface area contributed by atoms with Crippen molar-refractivity contribution in [2.75, 3.05) is 22.1 Å². The monoisotopic (exact) mass is 380 g/mol. The van der Waals surface area contributed by atoms with Crippen LogP contribution in [0.4, 0.5) is 15.8 Å². The summed E-state index contributed by atoms with van der Waals surface area (Å²) in [6, 6.07) is 9.04. The number of amides is 2. The van der Waals surface area contributed by atoms with Crippen molar-refractivity contribution in [2.45, 2.75) is 6.92 Å². The number of hydrogen-bond donors (Lipinski definition) is 3. The molecule has 0 aromatic heterocycles. The van der Waals surface area contributed by atoms with E-state index in [4.69, 9.17) is 0 Å². The van der Waals surface area contributed by atoms with Crippen LogP contribution in [-0.2, 0) is 19.4 Å². The molecule has 0 radical (unpaired) electrons. The predicted molar refractivity (Wildman–Crippen MR) is 95.2 cm³/mol. The predicted octanol–water partition coefficient (Wildman–Crippen LogP) is 1.83. The van der Waals surface area contributed by atoms with Gasteiger partial charge in [0.1, 0.15) is 23.1 Å². The van der Waals surface area contributed by atoms with Gasteiger partial charge in [-0.25, -0.2) is 12.8 Å². The summed E-state index contributed by atoms with van der Waals surface area (Å²) in [5.41, 5.74) is 1.17. The Bertz CT molecular complexity index is 927. The van der Waals surface area contributed by atoms with Crippen LogP contribution in [0.2, 0.25) is 0 Å². The van der Waals surface area contributed by atoms with E-state index in [2.05, 4.69) is 10.6 Å². The summed E-state index contributed by atoms with van der Waals surface area (Å²) in [5.74, 6) is -3.85. The lowest BCUT2D eigenvalue weighted by molar-refractivity contribution is -0.114. The molecule has 2 rings (SSSR count). The van der Waals surface area contributed by atoms with Crippen molar-refractivity contribution >= 4 is 33.0 Å². The number of phenolic OH excluding ortho intramolecular Hbond substituents is 1. The fourth-order valence-electron chi connectivity index (χ4n) is 2.16. The topological polar surface area (TPSA) is 113 Å². The zero-order valence-corrected chi connectivity index (χ0v) is 14.6. The highest BCUT2D eigenvalue weighted by Gasteiger charge is 2.21. The zero-order chi connectivity index (χ0) is 19.3. The summed E-state index contributed by atoms with van der Waals surface area (Å²) in [6.45, 7) is 1.64. The Morgan fingerprint density at radius 2 is 1.58 bits per heavy atom. The molecule has 2 aromatic rings. The number of rotatable bonds is 6. The van der Waals surface area contributed by atoms with Crippen molar-refractivity contribution in [3.8, 4) is 5.75 Å². The number of benzene rings is 2. The molecule has 7 nitrogen and oxygen atoms in total. The van der Waals surface area contributed by atoms with E-state index in [0.29, 0.717) is 11.3 Å². The molecule has 0 unspecified atom stereocenters. The normalized spacial score (nSPS) is 11.0. The summed E-state index contributed by atoms with van der Waals surface area (Å²) in [7, 11) is -4.00. The molecular weight excluding hydrogens is 363 g/mol. The van der Waals surface area contributed by atoms with E-state index in [0.717, 1.165) is 12.1 Å². The van der Waals surface area contributed by atoms with Gasteiger partial charge in [-0.1, -0.05) is 0 Å². The summed E-state index contributed by atoms with van der Waals surface area (Å²) < 4.78 is 36.8. The van der Waals surface area contributed by atoms with Gasteiger partial charge in [0.25, 0.3) is 0 Å². The smallest absolute Gasteiger partial charge is 0.239 e. The zero-order valence-electron chi connectivity index (χ0n) is 13.8. The van der Waals surface area contributed by atoms with E-state index >= 15 is 0 Å². The van der Waals surface area contributed by atoms with Gasteiger partial charge in [0.2, 0.25) is 11.8 Å². The maximum absolute atomic E-state index is 12.8. The molecule has 26 heavy (non-hydrogen) atoms. The maximum Gasteiger partial charge on any atom is 0.239 e. The molecule has 0 fully saturated rings. The first-order valence-corrected chi connectivity index (χ1v) is 9.32. The first kappa shape index (κ1) is 19.4. The second kappa shape index (κ2) is 7.96. The number of phenols is 1. The van der Waals surface area contributed by atoms with Gasteiger partial charge in [0, 0.05) is 11.4 Å². The number of aromatic hydroxyl groups is 1. The summed E-state index contributed by atoms with van der Waals surface area (Å²) in [4.78, 5) is 23.7. The van der Waals surface area contributed by atoms with Crippen LogP contribution in [0, 0.1) is 12.7 Å². The van der Waals surface area contributed by atoms with Crippen LogP contribution < -0.4 is 10.6 Å². The minimum Gasteiger partial charge on any atom is -0.508 e. The highest BCUT2D eigenvalue weighted by molar-refractivity contribution is 7.92. The van der Waals surface area contributed by atoms with Gasteiger partial charge in [0.05, 0.1) is 0 Å². The van der Waals surface area contributed by atoms with Crippen LogP contribution in [0.15, 0.2) is 42.5 Å². The third-order valence-electron chi connectivity index (χ3n) is 3.31. The Morgan fingerprint density at radius 1 is 1.00 bits per heavy atom. The lowest BCUT2D eigenvalue weighted by Gasteiger charge is -2.09. The standard InChI is InChI=1S/C17H17FN2O5S/c1-11-8-14(21)6-7-15(11)20-17(23)10-26(24,25)9-16(22)19-13-4-2-12(18)3-5-13/h2-8,21H,9-10H2,1H3,(H,19,22)(H,20,23). The Labute approximate surface area is 149 Å². The third kappa shape index (κ3) is 5.85. The van der Waals surface area contributed by atoms with Crippen LogP contribution in [0.5, 0.6) is 5.75 Å². The summed E-state index contributed by atoms with van der Waals surface area (Å²) in [5, 5.41) is 14.1. The fraction of sp³-hybridized carbons (Fsp3) is 0.176. The number of sulfone groups is 1. The largest absolute Gasteiger partial charge is 0.508 e. The molecule has 0 aliphatic heterocycles. The number of aryl methyl sites for hydroxylation is 1. The maximum atomic E-state index is 12.8. The molecule has 0 saturated heterocycles. The molecule has 0 atom stereocenters. The van der Waals surface area contributed by atoms with Gasteiger partial charge in [0.15, 0.2) is 9.84 Å². The molecule has 2 aromatic carbocycles. The average molecular weight is 380 g/mol. The van der Waals surface area contributed by atoms with E-state index in [9.17, 15) is 27.5 Å². The van der Waals surface area contributed by atoms with Gasteiger partial charge in [-0.2, -0.15) is 0 Å². The number of halogens is 1. The second-order valence-corrected chi connectivity index (χ2v) is 7.70. The quantitative estimate of drug-likeness (QED) is 0.662.